The van der Waals surface area contributed by atoms with Crippen molar-refractivity contribution in [1.29, 1.82) is 0 Å². The first-order chi connectivity index (χ1) is 19.2. The highest BCUT2D eigenvalue weighted by Crippen LogP contribution is 2.36. The van der Waals surface area contributed by atoms with Crippen LogP contribution in [-0.4, -0.2) is 36.4 Å². The average Bonchev–Trinajstić information content (AvgIpc) is 2.98. The van der Waals surface area contributed by atoms with E-state index in [9.17, 15) is 27.5 Å². The van der Waals surface area contributed by atoms with Gasteiger partial charge in [0.25, 0.3) is 10.0 Å². The minimum absolute atomic E-state index is 0.0863. The molecule has 5 aromatic carbocycles. The zero-order valence-corrected chi connectivity index (χ0v) is 22.2. The molecule has 200 valence electrons. The number of aliphatic hydroxyl groups excluding tert-OH is 1. The molecule has 40 heavy (non-hydrogen) atoms. The standard InChI is InChI=1S/C21H16FNO4S.C11H8O/c1-2-23-19(20(24)15-8-7-13-5-3-4-6-14(13)11-15)21(25)17-10-9-16(22)12-18(17)28(23,26)27;12-8-9-5-6-10-3-1-2-4-11(10)7-9/h3-12,24H,2H2,1H3;1-8H. The Labute approximate surface area is 230 Å². The van der Waals surface area contributed by atoms with Crippen molar-refractivity contribution in [1.82, 2.24) is 4.31 Å². The molecule has 0 saturated heterocycles. The molecule has 0 fully saturated rings. The summed E-state index contributed by atoms with van der Waals surface area (Å²) in [5.41, 5.74) is 0.556. The number of carbonyl (C=O) groups is 2. The minimum Gasteiger partial charge on any atom is -0.505 e. The summed E-state index contributed by atoms with van der Waals surface area (Å²) in [4.78, 5) is 23.1. The lowest BCUT2D eigenvalue weighted by molar-refractivity contribution is 0.0999. The average molecular weight is 554 g/mol. The van der Waals surface area contributed by atoms with Gasteiger partial charge < -0.3 is 5.11 Å². The molecule has 0 aliphatic carbocycles. The van der Waals surface area contributed by atoms with Crippen LogP contribution in [0.25, 0.3) is 27.3 Å². The largest absolute Gasteiger partial charge is 0.505 e. The molecule has 6 nitrogen and oxygen atoms in total. The van der Waals surface area contributed by atoms with Crippen molar-refractivity contribution in [3.8, 4) is 0 Å². The van der Waals surface area contributed by atoms with Crippen molar-refractivity contribution < 1.29 is 27.5 Å². The predicted molar refractivity (Wildman–Crippen MR) is 153 cm³/mol. The van der Waals surface area contributed by atoms with Gasteiger partial charge in [-0.25, -0.2) is 12.8 Å². The van der Waals surface area contributed by atoms with Crippen molar-refractivity contribution in [3.63, 3.8) is 0 Å². The maximum Gasteiger partial charge on any atom is 0.265 e. The second-order valence-corrected chi connectivity index (χ2v) is 11.0. The lowest BCUT2D eigenvalue weighted by Gasteiger charge is -2.31. The number of nitrogens with zero attached hydrogens (tertiary/aromatic N) is 1. The van der Waals surface area contributed by atoms with E-state index in [1.54, 1.807) is 25.1 Å². The Balaban J connectivity index is 0.000000223. The minimum atomic E-state index is -4.18. The van der Waals surface area contributed by atoms with E-state index in [2.05, 4.69) is 0 Å². The van der Waals surface area contributed by atoms with Crippen LogP contribution in [-0.2, 0) is 10.0 Å². The highest BCUT2D eigenvalue weighted by atomic mass is 32.2. The number of hydrogen-bond donors (Lipinski definition) is 1. The number of aldehydes is 1. The molecule has 0 bridgehead atoms. The Morgan fingerprint density at radius 1 is 0.825 bits per heavy atom. The van der Waals surface area contributed by atoms with Crippen LogP contribution in [0.3, 0.4) is 0 Å². The number of aliphatic hydroxyl groups is 1. The molecule has 1 aliphatic rings. The Morgan fingerprint density at radius 2 is 1.43 bits per heavy atom. The monoisotopic (exact) mass is 553 g/mol. The summed E-state index contributed by atoms with van der Waals surface area (Å²) in [7, 11) is -4.18. The summed E-state index contributed by atoms with van der Waals surface area (Å²) >= 11 is 0. The third kappa shape index (κ3) is 4.85. The van der Waals surface area contributed by atoms with Crippen LogP contribution >= 0.6 is 0 Å². The van der Waals surface area contributed by atoms with Crippen molar-refractivity contribution in [3.05, 3.63) is 131 Å². The van der Waals surface area contributed by atoms with Crippen LogP contribution in [0.15, 0.2) is 114 Å². The van der Waals surface area contributed by atoms with E-state index < -0.39 is 32.3 Å². The number of benzene rings is 5. The highest BCUT2D eigenvalue weighted by Gasteiger charge is 2.41. The molecule has 1 N–H and O–H groups in total. The van der Waals surface area contributed by atoms with E-state index in [0.717, 1.165) is 50.5 Å². The zero-order valence-electron chi connectivity index (χ0n) is 21.4. The SMILES string of the molecule is CCN1C(=C(O)c2ccc3ccccc3c2)C(=O)c2ccc(F)cc2S1(=O)=O.O=Cc1ccc2ccccc2c1. The summed E-state index contributed by atoms with van der Waals surface area (Å²) in [6, 6.07) is 29.2. The maximum atomic E-state index is 13.6. The van der Waals surface area contributed by atoms with Crippen molar-refractivity contribution in [2.75, 3.05) is 6.54 Å². The molecular formula is C32H24FNO5S. The second kappa shape index (κ2) is 10.7. The molecule has 1 heterocycles. The molecule has 5 aromatic rings. The number of Topliss-reactive ketones (excluding diaryl/α,β-unsaturated/α-hetero) is 1. The Bertz CT molecular complexity index is 1930. The van der Waals surface area contributed by atoms with Gasteiger partial charge in [0, 0.05) is 23.2 Å². The summed E-state index contributed by atoms with van der Waals surface area (Å²) in [6.07, 6.45) is 0.867. The number of fused-ring (bicyclic) bond motifs is 3. The number of allylic oxidation sites excluding steroid dienone is 1. The third-order valence-corrected chi connectivity index (χ3v) is 8.58. The molecule has 0 saturated carbocycles. The van der Waals surface area contributed by atoms with Crippen LogP contribution < -0.4 is 0 Å². The fraction of sp³-hybridized carbons (Fsp3) is 0.0625. The van der Waals surface area contributed by atoms with Gasteiger partial charge in [0.2, 0.25) is 5.78 Å². The summed E-state index contributed by atoms with van der Waals surface area (Å²) < 4.78 is 40.3. The molecule has 0 unspecified atom stereocenters. The van der Waals surface area contributed by atoms with Gasteiger partial charge in [-0.05, 0) is 58.8 Å². The third-order valence-electron chi connectivity index (χ3n) is 6.66. The summed E-state index contributed by atoms with van der Waals surface area (Å²) in [5, 5.41) is 14.9. The Kier molecular flexibility index (Phi) is 7.19. The molecule has 0 spiro atoms. The quantitative estimate of drug-likeness (QED) is 0.151. The molecule has 0 atom stereocenters. The zero-order chi connectivity index (χ0) is 28.4. The fourth-order valence-electron chi connectivity index (χ4n) is 4.69. The van der Waals surface area contributed by atoms with Crippen LogP contribution in [0.4, 0.5) is 4.39 Å². The number of sulfonamides is 1. The molecular weight excluding hydrogens is 529 g/mol. The number of ketones is 1. The van der Waals surface area contributed by atoms with E-state index in [4.69, 9.17) is 0 Å². The molecule has 6 rings (SSSR count). The maximum absolute atomic E-state index is 13.6. The van der Waals surface area contributed by atoms with Gasteiger partial charge in [0.1, 0.15) is 22.7 Å². The lowest BCUT2D eigenvalue weighted by Crippen LogP contribution is -2.39. The number of likely N-dealkylation sites (N-methyl/N-ethyl adjacent to an activating group) is 1. The summed E-state index contributed by atoms with van der Waals surface area (Å²) in [5.74, 6) is -1.86. The van der Waals surface area contributed by atoms with E-state index in [1.807, 2.05) is 66.7 Å². The Hall–Kier alpha value is -4.82. The number of rotatable bonds is 3. The van der Waals surface area contributed by atoms with Gasteiger partial charge in [-0.3, -0.25) is 13.9 Å². The van der Waals surface area contributed by atoms with Gasteiger partial charge in [-0.15, -0.1) is 0 Å². The normalized spacial score (nSPS) is 15.2. The number of hydrogen-bond acceptors (Lipinski definition) is 5. The number of halogens is 1. The van der Waals surface area contributed by atoms with E-state index in [-0.39, 0.29) is 17.8 Å². The molecule has 1 aliphatic heterocycles. The molecule has 0 amide bonds. The van der Waals surface area contributed by atoms with Gasteiger partial charge in [0.05, 0.1) is 0 Å². The van der Waals surface area contributed by atoms with Crippen LogP contribution in [0.5, 0.6) is 0 Å². The molecule has 0 radical (unpaired) electrons. The van der Waals surface area contributed by atoms with Gasteiger partial charge in [-0.2, -0.15) is 0 Å². The first kappa shape index (κ1) is 26.8. The first-order valence-electron chi connectivity index (χ1n) is 12.5. The highest BCUT2D eigenvalue weighted by molar-refractivity contribution is 7.89. The molecule has 8 heteroatoms. The first-order valence-corrected chi connectivity index (χ1v) is 13.9. The van der Waals surface area contributed by atoms with E-state index in [0.29, 0.717) is 5.56 Å². The van der Waals surface area contributed by atoms with Crippen molar-refractivity contribution in [2.24, 2.45) is 0 Å². The topological polar surface area (TPSA) is 91.8 Å². The fourth-order valence-corrected chi connectivity index (χ4v) is 6.37. The van der Waals surface area contributed by atoms with Gasteiger partial charge >= 0.3 is 0 Å². The van der Waals surface area contributed by atoms with Crippen molar-refractivity contribution >= 4 is 49.4 Å². The number of carbonyl (C=O) groups excluding carboxylic acids is 2. The van der Waals surface area contributed by atoms with Crippen LogP contribution in [0, 0.1) is 5.82 Å². The van der Waals surface area contributed by atoms with Crippen molar-refractivity contribution in [2.45, 2.75) is 11.8 Å². The summed E-state index contributed by atoms with van der Waals surface area (Å²) in [6.45, 7) is 1.46. The van der Waals surface area contributed by atoms with Crippen LogP contribution in [0.1, 0.15) is 33.2 Å². The van der Waals surface area contributed by atoms with Gasteiger partial charge in [0.15, 0.2) is 5.76 Å². The smallest absolute Gasteiger partial charge is 0.265 e. The van der Waals surface area contributed by atoms with Gasteiger partial charge in [-0.1, -0.05) is 72.8 Å². The molecule has 0 aromatic heterocycles. The van der Waals surface area contributed by atoms with Crippen LogP contribution in [0.2, 0.25) is 0 Å². The van der Waals surface area contributed by atoms with E-state index in [1.165, 1.54) is 5.39 Å². The second-order valence-electron chi connectivity index (χ2n) is 9.12. The lowest BCUT2D eigenvalue weighted by atomic mass is 10.0. The van der Waals surface area contributed by atoms with E-state index >= 15 is 0 Å². The Morgan fingerprint density at radius 3 is 2.05 bits per heavy atom. The predicted octanol–water partition coefficient (Wildman–Crippen LogP) is 6.76.